The van der Waals surface area contributed by atoms with Gasteiger partial charge >= 0.3 is 6.09 Å². The molecule has 3 N–H and O–H groups in total. The van der Waals surface area contributed by atoms with Crippen LogP contribution in [0, 0.1) is 0 Å². The number of aromatic nitrogens is 6. The van der Waals surface area contributed by atoms with Gasteiger partial charge in [0.2, 0.25) is 0 Å². The highest BCUT2D eigenvalue weighted by atomic mass is 16.6. The van der Waals surface area contributed by atoms with Gasteiger partial charge < -0.3 is 15.4 Å². The number of carbonyl (C=O) groups excluding carboxylic acids is 1. The highest BCUT2D eigenvalue weighted by molar-refractivity contribution is 5.86. The Bertz CT molecular complexity index is 979. The summed E-state index contributed by atoms with van der Waals surface area (Å²) in [5.74, 6) is 1.61. The monoisotopic (exact) mass is 384 g/mol. The third-order valence-corrected chi connectivity index (χ3v) is 4.88. The van der Waals surface area contributed by atoms with E-state index in [9.17, 15) is 4.79 Å². The SMILES string of the molecule is CC(C)NC(=O)O[C@@H]1CC[C@H](c2cc(Nc3ncnc4cnn(C)c34)n[nH]2)C1. The minimum atomic E-state index is -0.350. The number of ether oxygens (including phenoxy) is 1. The van der Waals surface area contributed by atoms with Crippen LogP contribution in [-0.2, 0) is 11.8 Å². The molecule has 1 fully saturated rings. The van der Waals surface area contributed by atoms with E-state index in [4.69, 9.17) is 4.74 Å². The van der Waals surface area contributed by atoms with Crippen LogP contribution < -0.4 is 10.6 Å². The summed E-state index contributed by atoms with van der Waals surface area (Å²) in [5, 5.41) is 17.7. The van der Waals surface area contributed by atoms with Gasteiger partial charge in [-0.3, -0.25) is 9.78 Å². The highest BCUT2D eigenvalue weighted by Crippen LogP contribution is 2.36. The van der Waals surface area contributed by atoms with E-state index in [1.165, 1.54) is 6.33 Å². The number of alkyl carbamates (subject to hydrolysis) is 1. The molecular weight excluding hydrogens is 360 g/mol. The van der Waals surface area contributed by atoms with Crippen LogP contribution in [0.25, 0.3) is 11.0 Å². The zero-order chi connectivity index (χ0) is 19.7. The largest absolute Gasteiger partial charge is 0.446 e. The number of rotatable bonds is 5. The van der Waals surface area contributed by atoms with Crippen LogP contribution in [0.2, 0.25) is 0 Å². The van der Waals surface area contributed by atoms with Crippen molar-refractivity contribution in [3.63, 3.8) is 0 Å². The van der Waals surface area contributed by atoms with Gasteiger partial charge in [-0.25, -0.2) is 14.8 Å². The van der Waals surface area contributed by atoms with Crippen molar-refractivity contribution in [1.82, 2.24) is 35.3 Å². The van der Waals surface area contributed by atoms with Gasteiger partial charge in [-0.05, 0) is 33.1 Å². The van der Waals surface area contributed by atoms with Crippen LogP contribution in [0.1, 0.15) is 44.7 Å². The molecule has 0 saturated heterocycles. The number of nitrogens with zero attached hydrogens (tertiary/aromatic N) is 5. The van der Waals surface area contributed by atoms with Gasteiger partial charge in [-0.1, -0.05) is 0 Å². The maximum atomic E-state index is 11.8. The van der Waals surface area contributed by atoms with Gasteiger partial charge in [0, 0.05) is 30.8 Å². The zero-order valence-corrected chi connectivity index (χ0v) is 16.1. The Hall–Kier alpha value is -3.17. The number of hydrogen-bond donors (Lipinski definition) is 3. The topological polar surface area (TPSA) is 123 Å². The standard InChI is InChI=1S/C18H24N8O2/c1-10(2)22-18(27)28-12-5-4-11(6-12)13-7-15(25-24-13)23-17-16-14(19-9-20-17)8-21-26(16)3/h7-12H,4-6H2,1-3H3,(H,22,27)(H2,19,20,23,24,25)/t11-,12+/m0/s1. The lowest BCUT2D eigenvalue weighted by Gasteiger charge is -2.14. The Labute approximate surface area is 162 Å². The summed E-state index contributed by atoms with van der Waals surface area (Å²) in [7, 11) is 1.85. The predicted molar refractivity (Wildman–Crippen MR) is 103 cm³/mol. The highest BCUT2D eigenvalue weighted by Gasteiger charge is 2.30. The first-order valence-corrected chi connectivity index (χ1v) is 9.41. The fraction of sp³-hybridized carbons (Fsp3) is 0.500. The first-order chi connectivity index (χ1) is 13.5. The van der Waals surface area contributed by atoms with Gasteiger partial charge in [0.25, 0.3) is 0 Å². The molecule has 1 amide bonds. The molecule has 3 aromatic rings. The molecule has 0 bridgehead atoms. The number of anilines is 2. The number of aryl methyl sites for hydroxylation is 1. The minimum absolute atomic E-state index is 0.0682. The third-order valence-electron chi connectivity index (χ3n) is 4.88. The second-order valence-corrected chi connectivity index (χ2v) is 7.39. The molecule has 3 heterocycles. The summed E-state index contributed by atoms with van der Waals surface area (Å²) in [6.45, 7) is 3.82. The van der Waals surface area contributed by atoms with Crippen molar-refractivity contribution in [3.05, 3.63) is 24.3 Å². The molecule has 0 spiro atoms. The van der Waals surface area contributed by atoms with E-state index in [0.29, 0.717) is 11.6 Å². The van der Waals surface area contributed by atoms with Crippen molar-refractivity contribution >= 4 is 28.8 Å². The van der Waals surface area contributed by atoms with Crippen LogP contribution in [0.15, 0.2) is 18.6 Å². The maximum absolute atomic E-state index is 11.8. The Morgan fingerprint density at radius 3 is 3.04 bits per heavy atom. The Morgan fingerprint density at radius 2 is 2.21 bits per heavy atom. The molecule has 148 valence electrons. The minimum Gasteiger partial charge on any atom is -0.446 e. The van der Waals surface area contributed by atoms with E-state index in [2.05, 4.69) is 35.9 Å². The van der Waals surface area contributed by atoms with Crippen molar-refractivity contribution in [2.75, 3.05) is 5.32 Å². The van der Waals surface area contributed by atoms with E-state index >= 15 is 0 Å². The molecule has 28 heavy (non-hydrogen) atoms. The van der Waals surface area contributed by atoms with Crippen molar-refractivity contribution in [2.24, 2.45) is 7.05 Å². The fourth-order valence-corrected chi connectivity index (χ4v) is 3.58. The van der Waals surface area contributed by atoms with Crippen molar-refractivity contribution in [3.8, 4) is 0 Å². The van der Waals surface area contributed by atoms with Crippen LogP contribution in [0.3, 0.4) is 0 Å². The number of fused-ring (bicyclic) bond motifs is 1. The van der Waals surface area contributed by atoms with E-state index in [0.717, 1.165) is 36.0 Å². The average molecular weight is 384 g/mol. The summed E-state index contributed by atoms with van der Waals surface area (Å²) in [5.41, 5.74) is 2.61. The number of carbonyl (C=O) groups is 1. The Morgan fingerprint density at radius 1 is 1.36 bits per heavy atom. The summed E-state index contributed by atoms with van der Waals surface area (Å²) in [6, 6.07) is 2.05. The van der Waals surface area contributed by atoms with Gasteiger partial charge in [0.05, 0.1) is 6.20 Å². The molecule has 0 radical (unpaired) electrons. The molecule has 2 atom stereocenters. The number of aromatic amines is 1. The van der Waals surface area contributed by atoms with Gasteiger partial charge in [0.1, 0.15) is 23.5 Å². The molecule has 10 heteroatoms. The molecule has 1 aliphatic carbocycles. The summed E-state index contributed by atoms with van der Waals surface area (Å²) in [4.78, 5) is 20.3. The molecule has 10 nitrogen and oxygen atoms in total. The normalized spacial score (nSPS) is 19.3. The molecule has 0 aliphatic heterocycles. The van der Waals surface area contributed by atoms with E-state index in [1.807, 2.05) is 27.0 Å². The predicted octanol–water partition coefficient (Wildman–Crippen LogP) is 2.60. The molecule has 1 saturated carbocycles. The summed E-state index contributed by atoms with van der Waals surface area (Å²) >= 11 is 0. The third kappa shape index (κ3) is 3.75. The van der Waals surface area contributed by atoms with Gasteiger partial charge in [0.15, 0.2) is 11.6 Å². The first-order valence-electron chi connectivity index (χ1n) is 9.41. The first kappa shape index (κ1) is 18.2. The van der Waals surface area contributed by atoms with Crippen LogP contribution >= 0.6 is 0 Å². The number of hydrogen-bond acceptors (Lipinski definition) is 7. The average Bonchev–Trinajstić information content (AvgIpc) is 3.35. The molecular formula is C18H24N8O2. The fourth-order valence-electron chi connectivity index (χ4n) is 3.58. The summed E-state index contributed by atoms with van der Waals surface area (Å²) < 4.78 is 7.23. The lowest BCUT2D eigenvalue weighted by molar-refractivity contribution is 0.0981. The van der Waals surface area contributed by atoms with Crippen molar-refractivity contribution < 1.29 is 9.53 Å². The summed E-state index contributed by atoms with van der Waals surface area (Å²) in [6.07, 6.45) is 5.36. The molecule has 1 aliphatic rings. The van der Waals surface area contributed by atoms with E-state index in [-0.39, 0.29) is 24.2 Å². The second kappa shape index (κ2) is 7.45. The van der Waals surface area contributed by atoms with Crippen LogP contribution in [0.5, 0.6) is 0 Å². The number of H-pyrrole nitrogens is 1. The van der Waals surface area contributed by atoms with Crippen molar-refractivity contribution in [1.29, 1.82) is 0 Å². The number of amides is 1. The van der Waals surface area contributed by atoms with Crippen LogP contribution in [0.4, 0.5) is 16.4 Å². The van der Waals surface area contributed by atoms with Crippen molar-refractivity contribution in [2.45, 2.75) is 51.2 Å². The molecule has 4 rings (SSSR count). The maximum Gasteiger partial charge on any atom is 0.407 e. The molecule has 3 aromatic heterocycles. The molecule has 0 unspecified atom stereocenters. The molecule has 0 aromatic carbocycles. The second-order valence-electron chi connectivity index (χ2n) is 7.39. The van der Waals surface area contributed by atoms with Gasteiger partial charge in [-0.2, -0.15) is 10.2 Å². The van der Waals surface area contributed by atoms with Gasteiger partial charge in [-0.15, -0.1) is 0 Å². The smallest absolute Gasteiger partial charge is 0.407 e. The van der Waals surface area contributed by atoms with E-state index in [1.54, 1.807) is 10.9 Å². The number of nitrogens with one attached hydrogen (secondary N) is 3. The van der Waals surface area contributed by atoms with Crippen LogP contribution in [-0.4, -0.2) is 48.2 Å². The Balaban J connectivity index is 1.41. The quantitative estimate of drug-likeness (QED) is 0.618. The zero-order valence-electron chi connectivity index (χ0n) is 16.1. The Kier molecular flexibility index (Phi) is 4.84. The van der Waals surface area contributed by atoms with E-state index < -0.39 is 0 Å². The lowest BCUT2D eigenvalue weighted by atomic mass is 10.0. The lowest BCUT2D eigenvalue weighted by Crippen LogP contribution is -2.33.